The maximum absolute atomic E-state index is 11.9. The van der Waals surface area contributed by atoms with Crippen molar-refractivity contribution in [1.29, 1.82) is 0 Å². The van der Waals surface area contributed by atoms with Crippen molar-refractivity contribution in [3.05, 3.63) is 0 Å². The van der Waals surface area contributed by atoms with E-state index in [4.69, 9.17) is 0 Å². The predicted molar refractivity (Wildman–Crippen MR) is 65.2 cm³/mol. The van der Waals surface area contributed by atoms with Gasteiger partial charge in [0.1, 0.15) is 0 Å². The first kappa shape index (κ1) is 11.9. The summed E-state index contributed by atoms with van der Waals surface area (Å²) in [7, 11) is 0. The highest BCUT2D eigenvalue weighted by Gasteiger charge is 2.30. The van der Waals surface area contributed by atoms with Crippen LogP contribution in [0.3, 0.4) is 0 Å². The Kier molecular flexibility index (Phi) is 4.22. The summed E-state index contributed by atoms with van der Waals surface area (Å²) in [5, 5.41) is 3.58. The molecule has 0 aromatic heterocycles. The van der Waals surface area contributed by atoms with Crippen LogP contribution in [0.4, 0.5) is 0 Å². The molecule has 2 fully saturated rings. The molecule has 2 rings (SSSR count). The smallest absolute Gasteiger partial charge is 0.222 e. The van der Waals surface area contributed by atoms with Gasteiger partial charge in [0.15, 0.2) is 0 Å². The van der Waals surface area contributed by atoms with Crippen LogP contribution in [0.5, 0.6) is 0 Å². The van der Waals surface area contributed by atoms with Crippen LogP contribution in [0.2, 0.25) is 0 Å². The van der Waals surface area contributed by atoms with Gasteiger partial charge in [0.2, 0.25) is 5.91 Å². The molecule has 3 heteroatoms. The first-order chi connectivity index (χ1) is 7.81. The molecule has 0 radical (unpaired) electrons. The lowest BCUT2D eigenvalue weighted by molar-refractivity contribution is -0.133. The molecule has 92 valence electrons. The van der Waals surface area contributed by atoms with E-state index in [0.29, 0.717) is 17.9 Å². The number of piperidine rings is 1. The number of likely N-dealkylation sites (tertiary alicyclic amines) is 1. The van der Waals surface area contributed by atoms with Gasteiger partial charge in [0.25, 0.3) is 0 Å². The first-order valence-corrected chi connectivity index (χ1v) is 6.82. The highest BCUT2D eigenvalue weighted by atomic mass is 16.2. The minimum atomic E-state index is 0.366. The monoisotopic (exact) mass is 224 g/mol. The van der Waals surface area contributed by atoms with E-state index in [-0.39, 0.29) is 0 Å². The zero-order valence-electron chi connectivity index (χ0n) is 10.4. The summed E-state index contributed by atoms with van der Waals surface area (Å²) in [6.07, 6.45) is 6.81. The van der Waals surface area contributed by atoms with Crippen LogP contribution in [0.15, 0.2) is 0 Å². The molecular formula is C13H24N2O. The molecule has 0 bridgehead atoms. The molecule has 3 nitrogen and oxygen atoms in total. The Hall–Kier alpha value is -0.570. The van der Waals surface area contributed by atoms with Crippen LogP contribution in [0, 0.1) is 5.92 Å². The molecule has 0 aliphatic carbocycles. The lowest BCUT2D eigenvalue weighted by Gasteiger charge is -2.35. The van der Waals surface area contributed by atoms with E-state index in [9.17, 15) is 4.79 Å². The number of hydrogen-bond acceptors (Lipinski definition) is 2. The molecule has 2 unspecified atom stereocenters. The summed E-state index contributed by atoms with van der Waals surface area (Å²) in [6.45, 7) is 5.24. The highest BCUT2D eigenvalue weighted by Crippen LogP contribution is 2.25. The second kappa shape index (κ2) is 5.67. The zero-order chi connectivity index (χ0) is 11.4. The number of rotatable bonds is 3. The third-order valence-electron chi connectivity index (χ3n) is 3.94. The molecule has 1 N–H and O–H groups in total. The first-order valence-electron chi connectivity index (χ1n) is 6.82. The van der Waals surface area contributed by atoms with Crippen molar-refractivity contribution in [2.75, 3.05) is 19.6 Å². The van der Waals surface area contributed by atoms with Gasteiger partial charge in [0.05, 0.1) is 0 Å². The van der Waals surface area contributed by atoms with Crippen LogP contribution in [0.25, 0.3) is 0 Å². The molecule has 16 heavy (non-hydrogen) atoms. The summed E-state index contributed by atoms with van der Waals surface area (Å²) < 4.78 is 0. The molecule has 2 saturated heterocycles. The largest absolute Gasteiger partial charge is 0.342 e. The van der Waals surface area contributed by atoms with Crippen LogP contribution in [-0.4, -0.2) is 36.5 Å². The van der Waals surface area contributed by atoms with Crippen LogP contribution in [0.1, 0.15) is 45.4 Å². The van der Waals surface area contributed by atoms with E-state index in [2.05, 4.69) is 17.1 Å². The van der Waals surface area contributed by atoms with E-state index in [0.717, 1.165) is 25.9 Å². The lowest BCUT2D eigenvalue weighted by atomic mass is 9.89. The van der Waals surface area contributed by atoms with Crippen molar-refractivity contribution in [3.8, 4) is 0 Å². The Morgan fingerprint density at radius 2 is 2.25 bits per heavy atom. The molecule has 2 atom stereocenters. The molecular weight excluding hydrogens is 200 g/mol. The molecule has 1 amide bonds. The van der Waals surface area contributed by atoms with Crippen molar-refractivity contribution in [2.24, 2.45) is 5.92 Å². The molecule has 2 heterocycles. The fourth-order valence-corrected chi connectivity index (χ4v) is 3.05. The molecule has 0 aromatic rings. The van der Waals surface area contributed by atoms with Crippen LogP contribution >= 0.6 is 0 Å². The van der Waals surface area contributed by atoms with Crippen molar-refractivity contribution >= 4 is 5.91 Å². The van der Waals surface area contributed by atoms with Gasteiger partial charge in [-0.25, -0.2) is 0 Å². The van der Waals surface area contributed by atoms with E-state index < -0.39 is 0 Å². The van der Waals surface area contributed by atoms with E-state index >= 15 is 0 Å². The Bertz CT molecular complexity index is 236. The number of amides is 1. The summed E-state index contributed by atoms with van der Waals surface area (Å²) >= 11 is 0. The van der Waals surface area contributed by atoms with Gasteiger partial charge in [-0.05, 0) is 44.6 Å². The summed E-state index contributed by atoms with van der Waals surface area (Å²) in [5.74, 6) is 1.07. The second-order valence-electron chi connectivity index (χ2n) is 5.19. The zero-order valence-corrected chi connectivity index (χ0v) is 10.4. The molecule has 0 aromatic carbocycles. The minimum absolute atomic E-state index is 0.366. The van der Waals surface area contributed by atoms with Gasteiger partial charge in [0, 0.05) is 25.6 Å². The summed E-state index contributed by atoms with van der Waals surface area (Å²) in [4.78, 5) is 14.0. The number of carbonyl (C=O) groups is 1. The van der Waals surface area contributed by atoms with Gasteiger partial charge in [-0.3, -0.25) is 4.79 Å². The summed E-state index contributed by atoms with van der Waals surface area (Å²) in [5.41, 5.74) is 0. The van der Waals surface area contributed by atoms with E-state index in [1.165, 1.54) is 32.2 Å². The fourth-order valence-electron chi connectivity index (χ4n) is 3.05. The standard InChI is InChI=1S/C13H24N2O/c1-2-5-13(16)15-9-4-6-11(10-15)12-7-3-8-14-12/h11-12,14H,2-10H2,1H3. The van der Waals surface area contributed by atoms with Gasteiger partial charge >= 0.3 is 0 Å². The van der Waals surface area contributed by atoms with Crippen molar-refractivity contribution in [1.82, 2.24) is 10.2 Å². The molecule has 2 aliphatic rings. The number of hydrogen-bond donors (Lipinski definition) is 1. The number of nitrogens with one attached hydrogen (secondary N) is 1. The average Bonchev–Trinajstić information content (AvgIpc) is 2.83. The Labute approximate surface area is 98.6 Å². The van der Waals surface area contributed by atoms with Crippen LogP contribution in [-0.2, 0) is 4.79 Å². The minimum Gasteiger partial charge on any atom is -0.342 e. The average molecular weight is 224 g/mol. The number of carbonyl (C=O) groups excluding carboxylic acids is 1. The SMILES string of the molecule is CCCC(=O)N1CCCC(C2CCCN2)C1. The van der Waals surface area contributed by atoms with E-state index in [1.807, 2.05) is 0 Å². The molecule has 2 aliphatic heterocycles. The van der Waals surface area contributed by atoms with Gasteiger partial charge < -0.3 is 10.2 Å². The highest BCUT2D eigenvalue weighted by molar-refractivity contribution is 5.76. The quantitative estimate of drug-likeness (QED) is 0.792. The van der Waals surface area contributed by atoms with Crippen molar-refractivity contribution in [3.63, 3.8) is 0 Å². The van der Waals surface area contributed by atoms with Gasteiger partial charge in [-0.1, -0.05) is 6.92 Å². The normalized spacial score (nSPS) is 30.7. The maximum atomic E-state index is 11.9. The third kappa shape index (κ3) is 2.76. The maximum Gasteiger partial charge on any atom is 0.222 e. The Morgan fingerprint density at radius 3 is 2.94 bits per heavy atom. The summed E-state index contributed by atoms with van der Waals surface area (Å²) in [6, 6.07) is 0.678. The fraction of sp³-hybridized carbons (Fsp3) is 0.923. The van der Waals surface area contributed by atoms with E-state index in [1.54, 1.807) is 0 Å². The van der Waals surface area contributed by atoms with Gasteiger partial charge in [-0.2, -0.15) is 0 Å². The Balaban J connectivity index is 1.85. The second-order valence-corrected chi connectivity index (χ2v) is 5.19. The predicted octanol–water partition coefficient (Wildman–Crippen LogP) is 1.78. The molecule has 0 saturated carbocycles. The van der Waals surface area contributed by atoms with Crippen molar-refractivity contribution < 1.29 is 4.79 Å². The topological polar surface area (TPSA) is 32.3 Å². The van der Waals surface area contributed by atoms with Gasteiger partial charge in [-0.15, -0.1) is 0 Å². The number of nitrogens with zero attached hydrogens (tertiary/aromatic N) is 1. The lowest BCUT2D eigenvalue weighted by Crippen LogP contribution is -2.45. The van der Waals surface area contributed by atoms with Crippen molar-refractivity contribution in [2.45, 2.75) is 51.5 Å². The third-order valence-corrected chi connectivity index (χ3v) is 3.94. The molecule has 0 spiro atoms. The Morgan fingerprint density at radius 1 is 1.38 bits per heavy atom. The van der Waals surface area contributed by atoms with Crippen LogP contribution < -0.4 is 5.32 Å².